The smallest absolute Gasteiger partial charge is 0.243 e. The number of carbonyl (C=O) groups excluding carboxylic acids is 1. The van der Waals surface area contributed by atoms with Crippen LogP contribution in [0.5, 0.6) is 0 Å². The second-order valence-corrected chi connectivity index (χ2v) is 9.10. The fourth-order valence-electron chi connectivity index (χ4n) is 3.02. The zero-order valence-electron chi connectivity index (χ0n) is 15.2. The molecule has 1 aliphatic rings. The van der Waals surface area contributed by atoms with E-state index in [1.54, 1.807) is 31.3 Å². The Morgan fingerprint density at radius 3 is 2.48 bits per heavy atom. The lowest BCUT2D eigenvalue weighted by Crippen LogP contribution is -2.37. The molecule has 6 nitrogen and oxygen atoms in total. The van der Waals surface area contributed by atoms with Crippen LogP contribution in [-0.2, 0) is 21.4 Å². The third-order valence-corrected chi connectivity index (χ3v) is 6.93. The molecule has 0 aliphatic heterocycles. The van der Waals surface area contributed by atoms with E-state index in [1.165, 1.54) is 4.31 Å². The van der Waals surface area contributed by atoms with E-state index in [-0.39, 0.29) is 28.8 Å². The second kappa shape index (κ2) is 8.29. The molecule has 1 saturated carbocycles. The van der Waals surface area contributed by atoms with Crippen molar-refractivity contribution in [3.63, 3.8) is 0 Å². The van der Waals surface area contributed by atoms with Gasteiger partial charge in [0.25, 0.3) is 0 Å². The van der Waals surface area contributed by atoms with Gasteiger partial charge in [-0.1, -0.05) is 18.6 Å². The number of benzene rings is 1. The molecule has 3 N–H and O–H groups in total. The first-order chi connectivity index (χ1) is 11.7. The third-order valence-electron chi connectivity index (χ3n) is 4.88. The molecule has 7 heteroatoms. The number of nitrogens with one attached hydrogen (secondary N) is 1. The Hall–Kier alpha value is -1.44. The first kappa shape index (κ1) is 19.9. The van der Waals surface area contributed by atoms with Crippen molar-refractivity contribution in [2.24, 2.45) is 11.7 Å². The van der Waals surface area contributed by atoms with Gasteiger partial charge in [-0.3, -0.25) is 4.79 Å². The summed E-state index contributed by atoms with van der Waals surface area (Å²) < 4.78 is 26.2. The maximum atomic E-state index is 12.4. The van der Waals surface area contributed by atoms with Gasteiger partial charge in [0, 0.05) is 31.6 Å². The molecule has 2 rings (SSSR count). The summed E-state index contributed by atoms with van der Waals surface area (Å²) in [5.41, 5.74) is 6.81. The fraction of sp³-hybridized carbons (Fsp3) is 0.611. The number of amides is 1. The predicted molar refractivity (Wildman–Crippen MR) is 98.3 cm³/mol. The van der Waals surface area contributed by atoms with Gasteiger partial charge >= 0.3 is 0 Å². The molecular formula is C18H29N3O3S. The van der Waals surface area contributed by atoms with Crippen LogP contribution in [0.2, 0.25) is 0 Å². The largest absolute Gasteiger partial charge is 0.352 e. The number of carbonyl (C=O) groups is 1. The number of hydrogen-bond acceptors (Lipinski definition) is 4. The zero-order valence-corrected chi connectivity index (χ0v) is 16.1. The van der Waals surface area contributed by atoms with Gasteiger partial charge in [-0.2, -0.15) is 4.31 Å². The lowest BCUT2D eigenvalue weighted by molar-refractivity contribution is -0.126. The van der Waals surface area contributed by atoms with Crippen molar-refractivity contribution >= 4 is 15.9 Å². The zero-order chi connectivity index (χ0) is 18.6. The Morgan fingerprint density at radius 2 is 1.92 bits per heavy atom. The highest BCUT2D eigenvalue weighted by atomic mass is 32.2. The lowest BCUT2D eigenvalue weighted by Gasteiger charge is -2.25. The summed E-state index contributed by atoms with van der Waals surface area (Å²) in [7, 11) is -1.91. The van der Waals surface area contributed by atoms with Gasteiger partial charge in [-0.05, 0) is 50.8 Å². The summed E-state index contributed by atoms with van der Waals surface area (Å²) in [5.74, 6) is 0.0227. The van der Waals surface area contributed by atoms with E-state index in [2.05, 4.69) is 5.32 Å². The number of nitrogens with zero attached hydrogens (tertiary/aromatic N) is 1. The SMILES string of the molecule is CC(C)N(C)S(=O)(=O)c1ccc(CNC(=O)C2CCCC(N)C2)cc1. The van der Waals surface area contributed by atoms with Crippen LogP contribution in [0.15, 0.2) is 29.2 Å². The first-order valence-corrected chi connectivity index (χ1v) is 10.3. The molecule has 2 unspecified atom stereocenters. The van der Waals surface area contributed by atoms with Gasteiger partial charge in [0.05, 0.1) is 4.90 Å². The Morgan fingerprint density at radius 1 is 1.28 bits per heavy atom. The van der Waals surface area contributed by atoms with Crippen LogP contribution in [0, 0.1) is 5.92 Å². The van der Waals surface area contributed by atoms with Crippen molar-refractivity contribution in [2.75, 3.05) is 7.05 Å². The van der Waals surface area contributed by atoms with Crippen molar-refractivity contribution in [1.82, 2.24) is 9.62 Å². The van der Waals surface area contributed by atoms with Crippen LogP contribution in [-0.4, -0.2) is 37.8 Å². The van der Waals surface area contributed by atoms with Crippen molar-refractivity contribution in [3.8, 4) is 0 Å². The van der Waals surface area contributed by atoms with E-state index < -0.39 is 10.0 Å². The van der Waals surface area contributed by atoms with E-state index in [0.717, 1.165) is 31.2 Å². The van der Waals surface area contributed by atoms with Crippen molar-refractivity contribution < 1.29 is 13.2 Å². The molecule has 1 aromatic carbocycles. The number of sulfonamides is 1. The number of nitrogens with two attached hydrogens (primary N) is 1. The van der Waals surface area contributed by atoms with Crippen LogP contribution in [0.25, 0.3) is 0 Å². The van der Waals surface area contributed by atoms with Gasteiger partial charge in [-0.15, -0.1) is 0 Å². The lowest BCUT2D eigenvalue weighted by atomic mass is 9.85. The fourth-order valence-corrected chi connectivity index (χ4v) is 4.39. The van der Waals surface area contributed by atoms with Crippen molar-refractivity contribution in [1.29, 1.82) is 0 Å². The average molecular weight is 368 g/mol. The molecule has 0 spiro atoms. The topological polar surface area (TPSA) is 92.5 Å². The summed E-state index contributed by atoms with van der Waals surface area (Å²) in [6.45, 7) is 4.06. The van der Waals surface area contributed by atoms with E-state index in [4.69, 9.17) is 5.73 Å². The molecule has 0 radical (unpaired) electrons. The summed E-state index contributed by atoms with van der Waals surface area (Å²) in [6.07, 6.45) is 3.61. The van der Waals surface area contributed by atoms with Crippen LogP contribution in [0.1, 0.15) is 45.1 Å². The highest BCUT2D eigenvalue weighted by Gasteiger charge is 2.25. The summed E-state index contributed by atoms with van der Waals surface area (Å²) >= 11 is 0. The summed E-state index contributed by atoms with van der Waals surface area (Å²) in [6, 6.07) is 6.68. The number of hydrogen-bond donors (Lipinski definition) is 2. The monoisotopic (exact) mass is 367 g/mol. The average Bonchev–Trinajstić information content (AvgIpc) is 2.59. The minimum atomic E-state index is -3.48. The normalized spacial score (nSPS) is 21.5. The second-order valence-electron chi connectivity index (χ2n) is 7.10. The van der Waals surface area contributed by atoms with Gasteiger partial charge < -0.3 is 11.1 Å². The Labute approximate surface area is 150 Å². The van der Waals surface area contributed by atoms with Gasteiger partial charge in [0.2, 0.25) is 15.9 Å². The van der Waals surface area contributed by atoms with E-state index in [9.17, 15) is 13.2 Å². The highest BCUT2D eigenvalue weighted by Crippen LogP contribution is 2.23. The molecule has 0 saturated heterocycles. The molecule has 140 valence electrons. The Kier molecular flexibility index (Phi) is 6.59. The maximum Gasteiger partial charge on any atom is 0.243 e. The van der Waals surface area contributed by atoms with Gasteiger partial charge in [-0.25, -0.2) is 8.42 Å². The molecule has 25 heavy (non-hydrogen) atoms. The molecule has 0 heterocycles. The van der Waals surface area contributed by atoms with Crippen molar-refractivity contribution in [2.45, 2.75) is 63.1 Å². The van der Waals surface area contributed by atoms with Crippen LogP contribution in [0.4, 0.5) is 0 Å². The van der Waals surface area contributed by atoms with E-state index in [1.807, 2.05) is 13.8 Å². The summed E-state index contributed by atoms with van der Waals surface area (Å²) in [4.78, 5) is 12.5. The van der Waals surface area contributed by atoms with Gasteiger partial charge in [0.15, 0.2) is 0 Å². The molecule has 1 amide bonds. The molecular weight excluding hydrogens is 338 g/mol. The van der Waals surface area contributed by atoms with Crippen molar-refractivity contribution in [3.05, 3.63) is 29.8 Å². The molecule has 0 aromatic heterocycles. The highest BCUT2D eigenvalue weighted by molar-refractivity contribution is 7.89. The molecule has 1 aromatic rings. The Balaban J connectivity index is 1.95. The predicted octanol–water partition coefficient (Wildman–Crippen LogP) is 1.85. The van der Waals surface area contributed by atoms with Crippen LogP contribution >= 0.6 is 0 Å². The first-order valence-electron chi connectivity index (χ1n) is 8.82. The van der Waals surface area contributed by atoms with Crippen LogP contribution in [0.3, 0.4) is 0 Å². The number of rotatable bonds is 6. The quantitative estimate of drug-likeness (QED) is 0.802. The standard InChI is InChI=1S/C18H29N3O3S/c1-13(2)21(3)25(23,24)17-9-7-14(8-10-17)12-20-18(22)15-5-4-6-16(19)11-15/h7-10,13,15-16H,4-6,11-12,19H2,1-3H3,(H,20,22). The van der Waals surface area contributed by atoms with E-state index in [0.29, 0.717) is 6.54 Å². The molecule has 1 aliphatic carbocycles. The van der Waals surface area contributed by atoms with Gasteiger partial charge in [0.1, 0.15) is 0 Å². The minimum absolute atomic E-state index is 0.0110. The minimum Gasteiger partial charge on any atom is -0.352 e. The third kappa shape index (κ3) is 5.03. The summed E-state index contributed by atoms with van der Waals surface area (Å²) in [5, 5.41) is 2.93. The molecule has 0 bridgehead atoms. The van der Waals surface area contributed by atoms with Crippen LogP contribution < -0.4 is 11.1 Å². The Bertz CT molecular complexity index is 686. The van der Waals surface area contributed by atoms with E-state index >= 15 is 0 Å². The molecule has 2 atom stereocenters. The molecule has 1 fully saturated rings. The maximum absolute atomic E-state index is 12.4.